The fourth-order valence-corrected chi connectivity index (χ4v) is 11.6. The van der Waals surface area contributed by atoms with Gasteiger partial charge in [0.25, 0.3) is 0 Å². The van der Waals surface area contributed by atoms with Crippen molar-refractivity contribution in [3.63, 3.8) is 0 Å². The number of thioether (sulfide) groups is 4. The summed E-state index contributed by atoms with van der Waals surface area (Å²) in [4.78, 5) is 0. The molecule has 0 amide bonds. The number of rotatable bonds is 26. The second kappa shape index (κ2) is 54.8. The van der Waals surface area contributed by atoms with Gasteiger partial charge in [0, 0.05) is 49.7 Å². The van der Waals surface area contributed by atoms with Crippen LogP contribution in [0, 0.1) is 11.6 Å². The molecule has 8 aromatic rings. The van der Waals surface area contributed by atoms with Gasteiger partial charge in [0.15, 0.2) is 0 Å². The molecule has 0 spiro atoms. The van der Waals surface area contributed by atoms with Gasteiger partial charge in [-0.15, -0.1) is 26.3 Å². The van der Waals surface area contributed by atoms with Crippen molar-refractivity contribution < 1.29 is 89.9 Å². The van der Waals surface area contributed by atoms with Crippen LogP contribution in [-0.2, 0) is 80.7 Å². The Hall–Kier alpha value is -5.80. The zero-order valence-corrected chi connectivity index (χ0v) is 69.7. The highest BCUT2D eigenvalue weighted by molar-refractivity contribution is 7.99. The number of alkyl halides is 12. The van der Waals surface area contributed by atoms with Crippen LogP contribution in [-0.4, -0.2) is 58.1 Å². The van der Waals surface area contributed by atoms with Gasteiger partial charge in [0.05, 0.1) is 62.0 Å². The van der Waals surface area contributed by atoms with E-state index >= 15 is 0 Å². The standard InChI is InChI=1S/C11H13F3O2.C11H13F3OS.C11H13F3O.C11H13F3S.C10H13ClO.C10H13ClS.C10H13FO.C10H13FS/c1-8(2)15-7-9-5-3-4-6-10(9)16-11(12,13)14;1-8(2)16-7-9-5-3-4-6-10(9)15-11(12,13)14;2*1-8(2)15-7-9-5-3-4-6-10(9)11(12,13)14;4*1-8(2)12-7-9-5-3-4-6-10(9)11/h2*3-6,8H,7H2,1-2H3;2*3-6,8H,7H2,1-2H3;4*3-6,8H,7H2,1-2H3. The van der Waals surface area contributed by atoms with Gasteiger partial charge in [-0.3, -0.25) is 0 Å². The number of hydrogen-bond acceptors (Lipinski definition) is 10. The lowest BCUT2D eigenvalue weighted by Crippen LogP contribution is -2.18. The van der Waals surface area contributed by atoms with Gasteiger partial charge in [-0.05, 0) is 153 Å². The largest absolute Gasteiger partial charge is 0.573 e. The SMILES string of the molecule is CC(C)OCc1ccccc1C(F)(F)F.CC(C)OCc1ccccc1Cl.CC(C)OCc1ccccc1F.CC(C)OCc1ccccc1OC(F)(F)F.CC(C)SCc1ccccc1C(F)(F)F.CC(C)SCc1ccccc1Cl.CC(C)SCc1ccccc1F.CC(C)SCc1ccccc1OC(F)(F)F. The number of ether oxygens (including phenoxy) is 6. The third kappa shape index (κ3) is 50.3. The summed E-state index contributed by atoms with van der Waals surface area (Å²) in [5.74, 6) is 2.10. The van der Waals surface area contributed by atoms with Gasteiger partial charge in [-0.2, -0.15) is 73.4 Å². The molecule has 0 N–H and O–H groups in total. The topological polar surface area (TPSA) is 55.4 Å². The first kappa shape index (κ1) is 102. The fraction of sp³-hybridized carbons (Fsp3) is 0.429. The molecule has 8 aromatic carbocycles. The normalized spacial score (nSPS) is 11.4. The summed E-state index contributed by atoms with van der Waals surface area (Å²) in [6.07, 6.45) is -17.6. The Labute approximate surface area is 669 Å². The highest BCUT2D eigenvalue weighted by Gasteiger charge is 2.35. The molecule has 612 valence electrons. The molecule has 0 bridgehead atoms. The van der Waals surface area contributed by atoms with Crippen LogP contribution in [0.3, 0.4) is 0 Å². The zero-order valence-electron chi connectivity index (χ0n) is 64.9. The van der Waals surface area contributed by atoms with Crippen LogP contribution >= 0.6 is 70.2 Å². The van der Waals surface area contributed by atoms with Gasteiger partial charge in [-0.1, -0.05) is 224 Å². The summed E-state index contributed by atoms with van der Waals surface area (Å²) in [6.45, 7) is 32.7. The van der Waals surface area contributed by atoms with E-state index in [1.54, 1.807) is 92.0 Å². The molecule has 0 saturated carbocycles. The van der Waals surface area contributed by atoms with E-state index in [0.717, 1.165) is 44.8 Å². The molecule has 0 radical (unpaired) electrons. The molecule has 0 fully saturated rings. The Morgan fingerprint density at radius 2 is 0.518 bits per heavy atom. The Kier molecular flexibility index (Phi) is 51.0. The Balaban J connectivity index is 0.000000630. The van der Waals surface area contributed by atoms with Crippen LogP contribution in [0.5, 0.6) is 11.5 Å². The fourth-order valence-electron chi connectivity index (χ4n) is 8.05. The lowest BCUT2D eigenvalue weighted by atomic mass is 10.1. The molecule has 0 unspecified atom stereocenters. The zero-order chi connectivity index (χ0) is 83.2. The maximum atomic E-state index is 13.0. The van der Waals surface area contributed by atoms with Crippen molar-refractivity contribution in [3.8, 4) is 11.5 Å². The van der Waals surface area contributed by atoms with Crippen LogP contribution in [0.4, 0.5) is 61.5 Å². The number of para-hydroxylation sites is 2. The Morgan fingerprint density at radius 3 is 0.882 bits per heavy atom. The molecule has 26 heteroatoms. The molecule has 0 saturated heterocycles. The van der Waals surface area contributed by atoms with Crippen LogP contribution in [0.1, 0.15) is 166 Å². The van der Waals surface area contributed by atoms with E-state index in [0.29, 0.717) is 68.0 Å². The van der Waals surface area contributed by atoms with Crippen molar-refractivity contribution in [1.82, 2.24) is 0 Å². The van der Waals surface area contributed by atoms with Crippen molar-refractivity contribution in [2.45, 2.75) is 231 Å². The van der Waals surface area contributed by atoms with Gasteiger partial charge in [0.1, 0.15) is 23.1 Å². The second-order valence-corrected chi connectivity index (χ2v) is 32.9. The minimum absolute atomic E-state index is 0.00660. The molecule has 0 aliphatic carbocycles. The maximum Gasteiger partial charge on any atom is 0.573 e. The molecule has 0 aliphatic rings. The minimum Gasteiger partial charge on any atom is -0.405 e. The maximum absolute atomic E-state index is 13.0. The van der Waals surface area contributed by atoms with Crippen LogP contribution < -0.4 is 9.47 Å². The smallest absolute Gasteiger partial charge is 0.405 e. The molecule has 0 aliphatic heterocycles. The summed E-state index contributed by atoms with van der Waals surface area (Å²) in [5.41, 5.74) is 4.06. The van der Waals surface area contributed by atoms with Crippen molar-refractivity contribution in [2.24, 2.45) is 0 Å². The summed E-state index contributed by atoms with van der Waals surface area (Å²) in [6, 6.07) is 52.7. The number of hydrogen-bond donors (Lipinski definition) is 0. The molecule has 8 rings (SSSR count). The van der Waals surface area contributed by atoms with Crippen molar-refractivity contribution in [1.29, 1.82) is 0 Å². The predicted molar refractivity (Wildman–Crippen MR) is 430 cm³/mol. The highest BCUT2D eigenvalue weighted by Crippen LogP contribution is 2.36. The number of benzene rings is 8. The Morgan fingerprint density at radius 1 is 0.273 bits per heavy atom. The van der Waals surface area contributed by atoms with Gasteiger partial charge >= 0.3 is 25.1 Å². The van der Waals surface area contributed by atoms with Crippen LogP contribution in [0.2, 0.25) is 10.0 Å². The first-order valence-electron chi connectivity index (χ1n) is 35.2. The molecule has 110 heavy (non-hydrogen) atoms. The first-order valence-corrected chi connectivity index (χ1v) is 40.2. The van der Waals surface area contributed by atoms with Gasteiger partial charge in [0.2, 0.25) is 0 Å². The third-order valence-electron chi connectivity index (χ3n) is 13.5. The van der Waals surface area contributed by atoms with E-state index in [1.165, 1.54) is 78.0 Å². The molecular weight excluding hydrogens is 1570 g/mol. The van der Waals surface area contributed by atoms with Crippen LogP contribution in [0.15, 0.2) is 194 Å². The van der Waals surface area contributed by atoms with E-state index in [1.807, 2.05) is 142 Å². The van der Waals surface area contributed by atoms with Crippen LogP contribution in [0.25, 0.3) is 0 Å². The van der Waals surface area contributed by atoms with E-state index < -0.39 is 36.2 Å². The Bertz CT molecular complexity index is 3400. The quantitative estimate of drug-likeness (QED) is 0.0490. The third-order valence-corrected chi connectivity index (χ3v) is 18.8. The van der Waals surface area contributed by atoms with Gasteiger partial charge < -0.3 is 28.4 Å². The highest BCUT2D eigenvalue weighted by atomic mass is 35.5. The number of halogens is 16. The van der Waals surface area contributed by atoms with Crippen molar-refractivity contribution >= 4 is 70.2 Å². The molecule has 6 nitrogen and oxygen atoms in total. The van der Waals surface area contributed by atoms with Crippen molar-refractivity contribution in [2.75, 3.05) is 0 Å². The summed E-state index contributed by atoms with van der Waals surface area (Å²) in [5, 5.41) is 3.60. The average Bonchev–Trinajstić information content (AvgIpc) is 0.847. The second-order valence-electron chi connectivity index (χ2n) is 25.9. The molecular formula is C84H104Cl2F14O6S4. The molecule has 0 heterocycles. The minimum atomic E-state index is -4.67. The summed E-state index contributed by atoms with van der Waals surface area (Å²) >= 11 is 18.7. The van der Waals surface area contributed by atoms with E-state index in [2.05, 4.69) is 43.2 Å². The predicted octanol–water partition coefficient (Wildman–Crippen LogP) is 29.2. The van der Waals surface area contributed by atoms with Crippen molar-refractivity contribution in [3.05, 3.63) is 271 Å². The van der Waals surface area contributed by atoms with E-state index in [9.17, 15) is 61.5 Å². The molecule has 0 atom stereocenters. The monoisotopic (exact) mass is 1670 g/mol. The lowest BCUT2D eigenvalue weighted by Gasteiger charge is -2.14. The van der Waals surface area contributed by atoms with E-state index in [4.69, 9.17) is 42.1 Å². The first-order chi connectivity index (χ1) is 51.4. The van der Waals surface area contributed by atoms with Gasteiger partial charge in [-0.25, -0.2) is 8.78 Å². The summed E-state index contributed by atoms with van der Waals surface area (Å²) in [7, 11) is 0. The average molecular weight is 1670 g/mol. The molecule has 0 aromatic heterocycles. The summed E-state index contributed by atoms with van der Waals surface area (Å²) < 4.78 is 203. The lowest BCUT2D eigenvalue weighted by molar-refractivity contribution is -0.276. The van der Waals surface area contributed by atoms with E-state index in [-0.39, 0.29) is 66.3 Å².